The van der Waals surface area contributed by atoms with Crippen LogP contribution in [0.5, 0.6) is 17.2 Å². The Hall–Kier alpha value is -4.00. The molecular formula is C24H18O7. The normalized spacial score (nSPS) is 12.7. The third-order valence-corrected chi connectivity index (χ3v) is 4.96. The molecule has 4 aromatic rings. The van der Waals surface area contributed by atoms with E-state index in [4.69, 9.17) is 23.0 Å². The molecule has 0 bridgehead atoms. The predicted molar refractivity (Wildman–Crippen MR) is 112 cm³/mol. The smallest absolute Gasteiger partial charge is 0.235 e. The number of carbonyl (C=O) groups excluding carboxylic acids is 1. The molecule has 1 aliphatic rings. The minimum absolute atomic E-state index is 0.0720. The van der Waals surface area contributed by atoms with E-state index in [1.807, 2.05) is 13.0 Å². The SMILES string of the molecule is Cc1ccc2c(=O)c(OCC(=O)c3ccc4c(c3)OCCO4)c(-c3ccco3)oc2c1. The van der Waals surface area contributed by atoms with Crippen LogP contribution in [0, 0.1) is 6.92 Å². The molecule has 0 radical (unpaired) electrons. The zero-order valence-corrected chi connectivity index (χ0v) is 16.7. The summed E-state index contributed by atoms with van der Waals surface area (Å²) in [6.45, 7) is 2.44. The summed E-state index contributed by atoms with van der Waals surface area (Å²) in [6, 6.07) is 13.5. The number of ketones is 1. The maximum atomic E-state index is 13.1. The number of hydrogen-bond donors (Lipinski definition) is 0. The molecule has 0 unspecified atom stereocenters. The van der Waals surface area contributed by atoms with Crippen molar-refractivity contribution in [2.24, 2.45) is 0 Å². The monoisotopic (exact) mass is 418 g/mol. The average molecular weight is 418 g/mol. The van der Waals surface area contributed by atoms with Gasteiger partial charge in [0, 0.05) is 5.56 Å². The highest BCUT2D eigenvalue weighted by Gasteiger charge is 2.22. The van der Waals surface area contributed by atoms with Crippen LogP contribution >= 0.6 is 0 Å². The molecule has 0 saturated carbocycles. The largest absolute Gasteiger partial charge is 0.486 e. The molecule has 0 spiro atoms. The minimum atomic E-state index is -0.373. The molecule has 1 aliphatic heterocycles. The van der Waals surface area contributed by atoms with Crippen LogP contribution in [0.15, 0.2) is 68.4 Å². The fourth-order valence-electron chi connectivity index (χ4n) is 3.42. The van der Waals surface area contributed by atoms with Crippen LogP contribution in [0.2, 0.25) is 0 Å². The molecule has 0 N–H and O–H groups in total. The van der Waals surface area contributed by atoms with Gasteiger partial charge in [-0.25, -0.2) is 0 Å². The van der Waals surface area contributed by atoms with Gasteiger partial charge in [-0.2, -0.15) is 0 Å². The molecule has 0 aliphatic carbocycles. The van der Waals surface area contributed by atoms with Crippen molar-refractivity contribution in [3.63, 3.8) is 0 Å². The van der Waals surface area contributed by atoms with Crippen molar-refractivity contribution in [1.82, 2.24) is 0 Å². The lowest BCUT2D eigenvalue weighted by atomic mass is 10.1. The Kier molecular flexibility index (Phi) is 4.71. The van der Waals surface area contributed by atoms with E-state index in [0.717, 1.165) is 5.56 Å². The van der Waals surface area contributed by atoms with Gasteiger partial charge < -0.3 is 23.0 Å². The molecule has 156 valence electrons. The molecule has 0 fully saturated rings. The topological polar surface area (TPSA) is 88.1 Å². The van der Waals surface area contributed by atoms with Gasteiger partial charge in [0.05, 0.1) is 11.6 Å². The van der Waals surface area contributed by atoms with E-state index in [-0.39, 0.29) is 29.3 Å². The molecule has 2 aromatic heterocycles. The van der Waals surface area contributed by atoms with Gasteiger partial charge in [0.15, 0.2) is 29.6 Å². The lowest BCUT2D eigenvalue weighted by Crippen LogP contribution is -2.18. The van der Waals surface area contributed by atoms with Gasteiger partial charge in [-0.15, -0.1) is 0 Å². The third kappa shape index (κ3) is 3.54. The summed E-state index contributed by atoms with van der Waals surface area (Å²) in [4.78, 5) is 25.9. The van der Waals surface area contributed by atoms with Crippen LogP contribution in [0.25, 0.3) is 22.5 Å². The van der Waals surface area contributed by atoms with E-state index in [1.54, 1.807) is 42.5 Å². The summed E-state index contributed by atoms with van der Waals surface area (Å²) >= 11 is 0. The Labute approximate surface area is 176 Å². The van der Waals surface area contributed by atoms with Crippen LogP contribution in [0.3, 0.4) is 0 Å². The second-order valence-electron chi connectivity index (χ2n) is 7.14. The lowest BCUT2D eigenvalue weighted by Gasteiger charge is -2.18. The van der Waals surface area contributed by atoms with E-state index in [0.29, 0.717) is 47.0 Å². The maximum Gasteiger partial charge on any atom is 0.235 e. The molecule has 31 heavy (non-hydrogen) atoms. The molecule has 0 saturated heterocycles. The maximum absolute atomic E-state index is 13.1. The first-order valence-electron chi connectivity index (χ1n) is 9.77. The van der Waals surface area contributed by atoms with Crippen molar-refractivity contribution in [3.8, 4) is 28.8 Å². The number of hydrogen-bond acceptors (Lipinski definition) is 7. The first kappa shape index (κ1) is 19.0. The summed E-state index contributed by atoms with van der Waals surface area (Å²) in [5, 5.41) is 0.364. The first-order chi connectivity index (χ1) is 15.1. The number of aryl methyl sites for hydroxylation is 1. The molecule has 0 amide bonds. The number of rotatable bonds is 5. The van der Waals surface area contributed by atoms with E-state index in [9.17, 15) is 9.59 Å². The van der Waals surface area contributed by atoms with E-state index in [1.165, 1.54) is 6.26 Å². The van der Waals surface area contributed by atoms with Crippen LogP contribution in [-0.2, 0) is 0 Å². The summed E-state index contributed by atoms with van der Waals surface area (Å²) < 4.78 is 28.1. The number of benzene rings is 2. The van der Waals surface area contributed by atoms with Gasteiger partial charge in [0.1, 0.15) is 18.8 Å². The van der Waals surface area contributed by atoms with Crippen molar-refractivity contribution >= 4 is 16.8 Å². The standard InChI is InChI=1S/C24H18O7/c1-14-4-6-16-20(11-14)31-23(19-3-2-8-27-19)24(22(16)26)30-13-17(25)15-5-7-18-21(12-15)29-10-9-28-18/h2-8,11-12H,9-10,13H2,1H3. The van der Waals surface area contributed by atoms with Crippen molar-refractivity contribution in [1.29, 1.82) is 0 Å². The molecule has 7 nitrogen and oxygen atoms in total. The molecular weight excluding hydrogens is 400 g/mol. The number of carbonyl (C=O) groups is 1. The van der Waals surface area contributed by atoms with Gasteiger partial charge in [-0.05, 0) is 55.0 Å². The fourth-order valence-corrected chi connectivity index (χ4v) is 3.42. The summed E-state index contributed by atoms with van der Waals surface area (Å²) in [7, 11) is 0. The highest BCUT2D eigenvalue weighted by Crippen LogP contribution is 2.33. The summed E-state index contributed by atoms with van der Waals surface area (Å²) in [5.74, 6) is 1.19. The first-order valence-corrected chi connectivity index (χ1v) is 9.77. The van der Waals surface area contributed by atoms with Crippen molar-refractivity contribution < 1.29 is 27.8 Å². The van der Waals surface area contributed by atoms with E-state index < -0.39 is 0 Å². The molecule has 2 aromatic carbocycles. The number of Topliss-reactive ketones (excluding diaryl/α,β-unsaturated/α-hetero) is 1. The van der Waals surface area contributed by atoms with Crippen LogP contribution in [0.4, 0.5) is 0 Å². The fraction of sp³-hybridized carbons (Fsp3) is 0.167. The van der Waals surface area contributed by atoms with Gasteiger partial charge in [-0.1, -0.05) is 6.07 Å². The Morgan fingerprint density at radius 3 is 2.68 bits per heavy atom. The van der Waals surface area contributed by atoms with Gasteiger partial charge >= 0.3 is 0 Å². The Balaban J connectivity index is 1.49. The highest BCUT2D eigenvalue weighted by atomic mass is 16.6. The van der Waals surface area contributed by atoms with Crippen LogP contribution < -0.4 is 19.6 Å². The Morgan fingerprint density at radius 1 is 1.03 bits per heavy atom. The zero-order valence-electron chi connectivity index (χ0n) is 16.7. The molecule has 5 rings (SSSR count). The third-order valence-electron chi connectivity index (χ3n) is 4.96. The quantitative estimate of drug-likeness (QED) is 0.444. The molecule has 7 heteroatoms. The number of furan rings is 1. The van der Waals surface area contributed by atoms with Crippen LogP contribution in [0.1, 0.15) is 15.9 Å². The molecule has 3 heterocycles. The second-order valence-corrected chi connectivity index (χ2v) is 7.14. The number of ether oxygens (including phenoxy) is 3. The van der Waals surface area contributed by atoms with Crippen LogP contribution in [-0.4, -0.2) is 25.6 Å². The van der Waals surface area contributed by atoms with E-state index >= 15 is 0 Å². The summed E-state index contributed by atoms with van der Waals surface area (Å²) in [5.41, 5.74) is 1.39. The van der Waals surface area contributed by atoms with Gasteiger partial charge in [-0.3, -0.25) is 9.59 Å². The summed E-state index contributed by atoms with van der Waals surface area (Å²) in [6.07, 6.45) is 1.47. The van der Waals surface area contributed by atoms with Crippen molar-refractivity contribution in [3.05, 3.63) is 76.1 Å². The van der Waals surface area contributed by atoms with Gasteiger partial charge in [0.2, 0.25) is 16.9 Å². The lowest BCUT2D eigenvalue weighted by molar-refractivity contribution is 0.0919. The Bertz CT molecular complexity index is 1330. The van der Waals surface area contributed by atoms with Gasteiger partial charge in [0.25, 0.3) is 0 Å². The van der Waals surface area contributed by atoms with E-state index in [2.05, 4.69) is 0 Å². The Morgan fingerprint density at radius 2 is 1.87 bits per heavy atom. The second kappa shape index (κ2) is 7.68. The minimum Gasteiger partial charge on any atom is -0.486 e. The predicted octanol–water partition coefficient (Wildman–Crippen LogP) is 4.39. The number of fused-ring (bicyclic) bond motifs is 2. The average Bonchev–Trinajstić information content (AvgIpc) is 3.32. The van der Waals surface area contributed by atoms with Crippen molar-refractivity contribution in [2.45, 2.75) is 6.92 Å². The highest BCUT2D eigenvalue weighted by molar-refractivity contribution is 5.98. The molecule has 0 atom stereocenters. The van der Waals surface area contributed by atoms with Crippen molar-refractivity contribution in [2.75, 3.05) is 19.8 Å². The zero-order chi connectivity index (χ0) is 21.4.